The lowest BCUT2D eigenvalue weighted by Gasteiger charge is -2.08. The summed E-state index contributed by atoms with van der Waals surface area (Å²) in [5.74, 6) is 0.0238. The Labute approximate surface area is 160 Å². The van der Waals surface area contributed by atoms with Crippen molar-refractivity contribution in [2.45, 2.75) is 32.1 Å². The number of halogens is 2. The number of aryl methyl sites for hydroxylation is 1. The van der Waals surface area contributed by atoms with E-state index in [1.807, 2.05) is 0 Å². The highest BCUT2D eigenvalue weighted by Crippen LogP contribution is 2.37. The summed E-state index contributed by atoms with van der Waals surface area (Å²) in [5.41, 5.74) is 1.69. The first-order chi connectivity index (χ1) is 12.1. The fraction of sp³-hybridized carbons (Fsp3) is 0.333. The second-order valence-electron chi connectivity index (χ2n) is 5.79. The molecule has 1 N–H and O–H groups in total. The minimum Gasteiger partial charge on any atom is -0.482 e. The third-order valence-corrected chi connectivity index (χ3v) is 5.79. The van der Waals surface area contributed by atoms with Gasteiger partial charge in [-0.25, -0.2) is 0 Å². The zero-order chi connectivity index (χ0) is 17.8. The lowest BCUT2D eigenvalue weighted by Crippen LogP contribution is -2.20. The molecule has 1 aromatic carbocycles. The summed E-state index contributed by atoms with van der Waals surface area (Å²) in [6.07, 6.45) is 5.27. The van der Waals surface area contributed by atoms with E-state index in [1.54, 1.807) is 18.2 Å². The SMILES string of the molecule is N#Cc1c(NC(=O)COc2cc(Cl)ccc2Cl)sc2c1CCCCC2. The quantitative estimate of drug-likeness (QED) is 0.723. The van der Waals surface area contributed by atoms with Crippen LogP contribution in [0.15, 0.2) is 18.2 Å². The Morgan fingerprint density at radius 2 is 2.08 bits per heavy atom. The van der Waals surface area contributed by atoms with Crippen LogP contribution in [0.4, 0.5) is 5.00 Å². The molecule has 0 fully saturated rings. The number of fused-ring (bicyclic) bond motifs is 1. The smallest absolute Gasteiger partial charge is 0.262 e. The molecule has 4 nitrogen and oxygen atoms in total. The second-order valence-corrected chi connectivity index (χ2v) is 7.74. The van der Waals surface area contributed by atoms with Gasteiger partial charge in [0.05, 0.1) is 10.6 Å². The number of nitriles is 1. The molecule has 1 aromatic heterocycles. The largest absolute Gasteiger partial charge is 0.482 e. The summed E-state index contributed by atoms with van der Waals surface area (Å²) in [6.45, 7) is -0.201. The average molecular weight is 395 g/mol. The molecule has 1 aliphatic rings. The second kappa shape index (κ2) is 8.09. The minimum absolute atomic E-state index is 0.201. The van der Waals surface area contributed by atoms with Crippen molar-refractivity contribution in [3.8, 4) is 11.8 Å². The van der Waals surface area contributed by atoms with Crippen LogP contribution in [0, 0.1) is 11.3 Å². The number of rotatable bonds is 4. The molecule has 25 heavy (non-hydrogen) atoms. The molecule has 0 spiro atoms. The molecule has 130 valence electrons. The van der Waals surface area contributed by atoms with Crippen LogP contribution in [0.5, 0.6) is 5.75 Å². The van der Waals surface area contributed by atoms with Gasteiger partial charge in [0, 0.05) is 16.0 Å². The Morgan fingerprint density at radius 1 is 1.28 bits per heavy atom. The van der Waals surface area contributed by atoms with Gasteiger partial charge in [0.2, 0.25) is 0 Å². The molecule has 1 heterocycles. The monoisotopic (exact) mass is 394 g/mol. The van der Waals surface area contributed by atoms with Crippen LogP contribution in [0.25, 0.3) is 0 Å². The van der Waals surface area contributed by atoms with Crippen molar-refractivity contribution in [1.29, 1.82) is 5.26 Å². The Bertz CT molecular complexity index is 842. The number of hydrogen-bond acceptors (Lipinski definition) is 4. The van der Waals surface area contributed by atoms with Crippen molar-refractivity contribution in [2.75, 3.05) is 11.9 Å². The van der Waals surface area contributed by atoms with Gasteiger partial charge in [-0.15, -0.1) is 11.3 Å². The normalized spacial score (nSPS) is 13.5. The van der Waals surface area contributed by atoms with Gasteiger partial charge in [-0.05, 0) is 43.4 Å². The molecular formula is C18H16Cl2N2O2S. The lowest BCUT2D eigenvalue weighted by atomic mass is 10.1. The third kappa shape index (κ3) is 4.27. The molecule has 1 amide bonds. The standard InChI is InChI=1S/C18H16Cl2N2O2S/c19-11-6-7-14(20)15(8-11)24-10-17(23)22-18-13(9-21)12-4-2-1-3-5-16(12)25-18/h6-8H,1-5,10H2,(H,22,23). The fourth-order valence-corrected chi connectivity index (χ4v) is 4.43. The van der Waals surface area contributed by atoms with E-state index in [2.05, 4.69) is 11.4 Å². The topological polar surface area (TPSA) is 62.1 Å². The number of nitrogens with zero attached hydrogens (tertiary/aromatic N) is 1. The molecule has 7 heteroatoms. The molecule has 1 aliphatic carbocycles. The van der Waals surface area contributed by atoms with Crippen molar-refractivity contribution < 1.29 is 9.53 Å². The van der Waals surface area contributed by atoms with E-state index in [0.717, 1.165) is 31.2 Å². The van der Waals surface area contributed by atoms with Crippen LogP contribution in [-0.4, -0.2) is 12.5 Å². The van der Waals surface area contributed by atoms with Gasteiger partial charge in [0.15, 0.2) is 6.61 Å². The van der Waals surface area contributed by atoms with E-state index in [1.165, 1.54) is 22.6 Å². The molecule has 0 atom stereocenters. The molecule has 0 saturated heterocycles. The fourth-order valence-electron chi connectivity index (χ4n) is 2.84. The van der Waals surface area contributed by atoms with Crippen LogP contribution < -0.4 is 10.1 Å². The highest BCUT2D eigenvalue weighted by molar-refractivity contribution is 7.16. The molecule has 0 bridgehead atoms. The number of anilines is 1. The van der Waals surface area contributed by atoms with Gasteiger partial charge in [0.25, 0.3) is 5.91 Å². The van der Waals surface area contributed by atoms with Gasteiger partial charge in [-0.3, -0.25) is 4.79 Å². The Morgan fingerprint density at radius 3 is 2.88 bits per heavy atom. The van der Waals surface area contributed by atoms with E-state index in [9.17, 15) is 10.1 Å². The number of hydrogen-bond donors (Lipinski definition) is 1. The van der Waals surface area contributed by atoms with Gasteiger partial charge in [0.1, 0.15) is 16.8 Å². The van der Waals surface area contributed by atoms with E-state index < -0.39 is 0 Å². The van der Waals surface area contributed by atoms with Gasteiger partial charge >= 0.3 is 0 Å². The first-order valence-electron chi connectivity index (χ1n) is 8.01. The maximum absolute atomic E-state index is 12.2. The number of carbonyl (C=O) groups is 1. The number of nitrogens with one attached hydrogen (secondary N) is 1. The van der Waals surface area contributed by atoms with Crippen LogP contribution in [0.1, 0.15) is 35.3 Å². The Kier molecular flexibility index (Phi) is 5.85. The van der Waals surface area contributed by atoms with Gasteiger partial charge in [-0.1, -0.05) is 29.6 Å². The van der Waals surface area contributed by atoms with Gasteiger partial charge < -0.3 is 10.1 Å². The summed E-state index contributed by atoms with van der Waals surface area (Å²) in [6, 6.07) is 7.06. The van der Waals surface area contributed by atoms with Crippen LogP contribution in [-0.2, 0) is 17.6 Å². The van der Waals surface area contributed by atoms with Crippen molar-refractivity contribution in [1.82, 2.24) is 0 Å². The van der Waals surface area contributed by atoms with Crippen molar-refractivity contribution in [2.24, 2.45) is 0 Å². The maximum Gasteiger partial charge on any atom is 0.262 e. The predicted molar refractivity (Wildman–Crippen MR) is 101 cm³/mol. The van der Waals surface area contributed by atoms with E-state index >= 15 is 0 Å². The number of ether oxygens (including phenoxy) is 1. The van der Waals surface area contributed by atoms with Crippen molar-refractivity contribution >= 4 is 45.4 Å². The summed E-state index contributed by atoms with van der Waals surface area (Å²) < 4.78 is 5.44. The molecule has 0 unspecified atom stereocenters. The number of thiophene rings is 1. The van der Waals surface area contributed by atoms with E-state index in [0.29, 0.717) is 26.4 Å². The minimum atomic E-state index is -0.330. The predicted octanol–water partition coefficient (Wildman–Crippen LogP) is 5.21. The van der Waals surface area contributed by atoms with Crippen LogP contribution in [0.2, 0.25) is 10.0 Å². The number of carbonyl (C=O) groups excluding carboxylic acids is 1. The van der Waals surface area contributed by atoms with Crippen molar-refractivity contribution in [3.63, 3.8) is 0 Å². The Hall–Kier alpha value is -1.74. The molecular weight excluding hydrogens is 379 g/mol. The lowest BCUT2D eigenvalue weighted by molar-refractivity contribution is -0.118. The van der Waals surface area contributed by atoms with Crippen LogP contribution in [0.3, 0.4) is 0 Å². The first kappa shape index (κ1) is 18.1. The molecule has 0 saturated carbocycles. The zero-order valence-corrected chi connectivity index (χ0v) is 15.7. The first-order valence-corrected chi connectivity index (χ1v) is 9.58. The highest BCUT2D eigenvalue weighted by atomic mass is 35.5. The summed E-state index contributed by atoms with van der Waals surface area (Å²) in [4.78, 5) is 13.4. The summed E-state index contributed by atoms with van der Waals surface area (Å²) in [7, 11) is 0. The zero-order valence-electron chi connectivity index (χ0n) is 13.4. The molecule has 2 aromatic rings. The third-order valence-electron chi connectivity index (χ3n) is 4.04. The van der Waals surface area contributed by atoms with E-state index in [4.69, 9.17) is 27.9 Å². The molecule has 0 aliphatic heterocycles. The summed E-state index contributed by atoms with van der Waals surface area (Å²) >= 11 is 13.4. The van der Waals surface area contributed by atoms with E-state index in [-0.39, 0.29) is 12.5 Å². The number of amides is 1. The number of benzene rings is 1. The average Bonchev–Trinajstić information content (AvgIpc) is 2.75. The van der Waals surface area contributed by atoms with Gasteiger partial charge in [-0.2, -0.15) is 5.26 Å². The van der Waals surface area contributed by atoms with Crippen molar-refractivity contribution in [3.05, 3.63) is 44.2 Å². The Balaban J connectivity index is 1.69. The molecule has 0 radical (unpaired) electrons. The maximum atomic E-state index is 12.2. The summed E-state index contributed by atoms with van der Waals surface area (Å²) in [5, 5.41) is 13.8. The molecule has 3 rings (SSSR count). The van der Waals surface area contributed by atoms with Crippen LogP contribution >= 0.6 is 34.5 Å². The highest BCUT2D eigenvalue weighted by Gasteiger charge is 2.21.